The lowest BCUT2D eigenvalue weighted by atomic mass is 9.85. The summed E-state index contributed by atoms with van der Waals surface area (Å²) in [7, 11) is 1.72. The van der Waals surface area contributed by atoms with Crippen LogP contribution in [-0.2, 0) is 9.59 Å². The van der Waals surface area contributed by atoms with Crippen LogP contribution >= 0.6 is 0 Å². The van der Waals surface area contributed by atoms with Gasteiger partial charge in [0, 0.05) is 37.7 Å². The Kier molecular flexibility index (Phi) is 7.90. The molecule has 3 aliphatic rings. The van der Waals surface area contributed by atoms with E-state index < -0.39 is 29.1 Å². The highest BCUT2D eigenvalue weighted by Gasteiger charge is 2.52. The van der Waals surface area contributed by atoms with Crippen molar-refractivity contribution in [2.45, 2.75) is 71.1 Å². The highest BCUT2D eigenvalue weighted by molar-refractivity contribution is 5.90. The zero-order chi connectivity index (χ0) is 26.2. The number of nitrogens with one attached hydrogen (secondary N) is 2. The van der Waals surface area contributed by atoms with Crippen LogP contribution in [0.5, 0.6) is 5.75 Å². The Bertz CT molecular complexity index is 965. The van der Waals surface area contributed by atoms with E-state index in [0.717, 1.165) is 31.6 Å². The minimum absolute atomic E-state index is 0.0286. The van der Waals surface area contributed by atoms with Crippen molar-refractivity contribution in [3.8, 4) is 5.75 Å². The Morgan fingerprint density at radius 3 is 2.50 bits per heavy atom. The lowest BCUT2D eigenvalue weighted by Gasteiger charge is -2.37. The van der Waals surface area contributed by atoms with Crippen molar-refractivity contribution in [3.63, 3.8) is 0 Å². The number of rotatable bonds is 9. The molecule has 1 aliphatic carbocycles. The summed E-state index contributed by atoms with van der Waals surface area (Å²) in [6.07, 6.45) is 3.37. The number of hydrogen-bond acceptors (Lipinski definition) is 5. The molecule has 2 aliphatic heterocycles. The third-order valence-corrected chi connectivity index (χ3v) is 7.89. The molecule has 0 radical (unpaired) electrons. The van der Waals surface area contributed by atoms with E-state index >= 15 is 0 Å². The number of amides is 2. The van der Waals surface area contributed by atoms with Gasteiger partial charge in [-0.3, -0.25) is 14.5 Å². The summed E-state index contributed by atoms with van der Waals surface area (Å²) < 4.78 is 33.0. The van der Waals surface area contributed by atoms with Gasteiger partial charge in [0.05, 0.1) is 18.7 Å². The number of carbonyl (C=O) groups is 2. The molecule has 5 atom stereocenters. The molecule has 200 valence electrons. The van der Waals surface area contributed by atoms with E-state index in [1.807, 2.05) is 25.7 Å². The first-order valence-corrected chi connectivity index (χ1v) is 13.1. The van der Waals surface area contributed by atoms with Gasteiger partial charge in [0.2, 0.25) is 11.8 Å². The molecule has 36 heavy (non-hydrogen) atoms. The van der Waals surface area contributed by atoms with E-state index in [1.165, 1.54) is 18.9 Å². The van der Waals surface area contributed by atoms with Crippen molar-refractivity contribution in [2.24, 2.45) is 17.3 Å². The SMILES string of the molecule is CNC(C)C(=O)NC(C(=O)N1CCC2C1C(COc1ccc(F)c(F)c1)CN2CC1CC1)C(C)(C)C. The molecule has 0 aromatic heterocycles. The van der Waals surface area contributed by atoms with Crippen LogP contribution in [0.15, 0.2) is 18.2 Å². The molecular weight excluding hydrogens is 466 g/mol. The Morgan fingerprint density at radius 2 is 1.89 bits per heavy atom. The van der Waals surface area contributed by atoms with E-state index in [1.54, 1.807) is 14.0 Å². The molecule has 2 N–H and O–H groups in total. The molecule has 0 spiro atoms. The normalized spacial score (nSPS) is 26.0. The fraction of sp³-hybridized carbons (Fsp3) is 0.704. The van der Waals surface area contributed by atoms with Crippen LogP contribution in [0.2, 0.25) is 0 Å². The third kappa shape index (κ3) is 5.83. The van der Waals surface area contributed by atoms with Crippen molar-refractivity contribution in [2.75, 3.05) is 33.3 Å². The highest BCUT2D eigenvalue weighted by Crippen LogP contribution is 2.40. The fourth-order valence-electron chi connectivity index (χ4n) is 5.54. The van der Waals surface area contributed by atoms with Gasteiger partial charge < -0.3 is 20.3 Å². The molecule has 1 aromatic carbocycles. The number of benzene rings is 1. The lowest BCUT2D eigenvalue weighted by Crippen LogP contribution is -2.59. The van der Waals surface area contributed by atoms with Crippen LogP contribution in [0.4, 0.5) is 8.78 Å². The first-order valence-electron chi connectivity index (χ1n) is 13.1. The zero-order valence-electron chi connectivity index (χ0n) is 22.0. The number of nitrogens with zero attached hydrogens (tertiary/aromatic N) is 2. The van der Waals surface area contributed by atoms with Gasteiger partial charge in [0.25, 0.3) is 0 Å². The number of carbonyl (C=O) groups excluding carboxylic acids is 2. The molecule has 2 saturated heterocycles. The molecule has 0 bridgehead atoms. The monoisotopic (exact) mass is 506 g/mol. The third-order valence-electron chi connectivity index (χ3n) is 7.89. The van der Waals surface area contributed by atoms with Crippen LogP contribution in [0, 0.1) is 28.9 Å². The van der Waals surface area contributed by atoms with Crippen molar-refractivity contribution >= 4 is 11.8 Å². The summed E-state index contributed by atoms with van der Waals surface area (Å²) in [5.74, 6) is -1.10. The van der Waals surface area contributed by atoms with Crippen LogP contribution in [-0.4, -0.2) is 79.1 Å². The van der Waals surface area contributed by atoms with Crippen LogP contribution in [0.1, 0.15) is 47.0 Å². The zero-order valence-corrected chi connectivity index (χ0v) is 22.0. The first-order chi connectivity index (χ1) is 17.0. The number of likely N-dealkylation sites (tertiary alicyclic amines) is 2. The molecule has 5 unspecified atom stereocenters. The van der Waals surface area contributed by atoms with Crippen LogP contribution in [0.25, 0.3) is 0 Å². The Morgan fingerprint density at radius 1 is 1.17 bits per heavy atom. The number of fused-ring (bicyclic) bond motifs is 1. The quantitative estimate of drug-likeness (QED) is 0.539. The molecule has 9 heteroatoms. The Balaban J connectivity index is 1.53. The smallest absolute Gasteiger partial charge is 0.246 e. The number of ether oxygens (including phenoxy) is 1. The summed E-state index contributed by atoms with van der Waals surface area (Å²) >= 11 is 0. The second-order valence-corrected chi connectivity index (χ2v) is 11.7. The van der Waals surface area contributed by atoms with Crippen molar-refractivity contribution in [1.29, 1.82) is 0 Å². The number of halogens is 2. The van der Waals surface area contributed by atoms with E-state index in [0.29, 0.717) is 19.1 Å². The maximum Gasteiger partial charge on any atom is 0.246 e. The van der Waals surface area contributed by atoms with Crippen LogP contribution in [0.3, 0.4) is 0 Å². The second kappa shape index (κ2) is 10.6. The van der Waals surface area contributed by atoms with Gasteiger partial charge in [-0.1, -0.05) is 20.8 Å². The van der Waals surface area contributed by atoms with E-state index in [-0.39, 0.29) is 35.6 Å². The molecule has 2 heterocycles. The molecule has 3 fully saturated rings. The molecule has 1 saturated carbocycles. The average molecular weight is 507 g/mol. The summed E-state index contributed by atoms with van der Waals surface area (Å²) in [5.41, 5.74) is -0.470. The number of likely N-dealkylation sites (N-methyl/N-ethyl adjacent to an activating group) is 1. The predicted molar refractivity (Wildman–Crippen MR) is 133 cm³/mol. The van der Waals surface area contributed by atoms with E-state index in [9.17, 15) is 18.4 Å². The molecule has 1 aromatic rings. The highest BCUT2D eigenvalue weighted by atomic mass is 19.2. The maximum absolute atomic E-state index is 14.0. The van der Waals surface area contributed by atoms with Crippen LogP contribution < -0.4 is 15.4 Å². The minimum Gasteiger partial charge on any atom is -0.493 e. The molecule has 2 amide bonds. The van der Waals surface area contributed by atoms with Gasteiger partial charge in [0.15, 0.2) is 11.6 Å². The Hall–Kier alpha value is -2.26. The van der Waals surface area contributed by atoms with Crippen molar-refractivity contribution in [3.05, 3.63) is 29.8 Å². The van der Waals surface area contributed by atoms with E-state index in [2.05, 4.69) is 15.5 Å². The predicted octanol–water partition coefficient (Wildman–Crippen LogP) is 2.79. The van der Waals surface area contributed by atoms with Gasteiger partial charge >= 0.3 is 0 Å². The molecular formula is C27H40F2N4O3. The fourth-order valence-corrected chi connectivity index (χ4v) is 5.54. The van der Waals surface area contributed by atoms with Gasteiger partial charge in [0.1, 0.15) is 11.8 Å². The van der Waals surface area contributed by atoms with E-state index in [4.69, 9.17) is 4.74 Å². The summed E-state index contributed by atoms with van der Waals surface area (Å²) in [5, 5.41) is 5.92. The average Bonchev–Trinajstić information content (AvgIpc) is 3.43. The maximum atomic E-state index is 14.0. The van der Waals surface area contributed by atoms with Crippen molar-refractivity contribution < 1.29 is 23.1 Å². The van der Waals surface area contributed by atoms with Gasteiger partial charge in [-0.15, -0.1) is 0 Å². The van der Waals surface area contributed by atoms with Gasteiger partial charge in [-0.05, 0) is 56.7 Å². The summed E-state index contributed by atoms with van der Waals surface area (Å²) in [4.78, 5) is 31.1. The summed E-state index contributed by atoms with van der Waals surface area (Å²) in [6.45, 7) is 10.4. The topological polar surface area (TPSA) is 73.9 Å². The largest absolute Gasteiger partial charge is 0.493 e. The number of hydrogen-bond donors (Lipinski definition) is 2. The minimum atomic E-state index is -0.940. The first kappa shape index (κ1) is 26.8. The molecule has 4 rings (SSSR count). The van der Waals surface area contributed by atoms with Crippen molar-refractivity contribution in [1.82, 2.24) is 20.4 Å². The molecule has 7 nitrogen and oxygen atoms in total. The Labute approximate surface area is 212 Å². The van der Waals surface area contributed by atoms with Gasteiger partial charge in [-0.2, -0.15) is 0 Å². The summed E-state index contributed by atoms with van der Waals surface area (Å²) in [6, 6.07) is 2.67. The second-order valence-electron chi connectivity index (χ2n) is 11.7. The van der Waals surface area contributed by atoms with Gasteiger partial charge in [-0.25, -0.2) is 8.78 Å². The lowest BCUT2D eigenvalue weighted by molar-refractivity contribution is -0.141. The standard InChI is InChI=1S/C27H40F2N4O3/c1-16(30-5)25(34)31-24(27(2,3)4)26(35)33-11-10-22-23(33)18(14-32(22)13-17-6-7-17)15-36-19-8-9-20(28)21(29)12-19/h8-9,12,16-18,22-24,30H,6-7,10-11,13-15H2,1-5H3,(H,31,34).